The number of carbonyl (C=O) groups is 1. The number of nitrogens with zero attached hydrogens (tertiary/aromatic N) is 4. The standard InChI is InChI=1S/C9H11N5O2/c1-3-16-9(15)8-7(10-13-11-8)6-4-5-14(2)12-6/h4-5H,3H2,1-2H3,(H,10,11,13). The van der Waals surface area contributed by atoms with Crippen molar-refractivity contribution in [2.45, 2.75) is 6.92 Å². The van der Waals surface area contributed by atoms with Crippen molar-refractivity contribution in [3.63, 3.8) is 0 Å². The second-order valence-corrected chi connectivity index (χ2v) is 3.12. The van der Waals surface area contributed by atoms with E-state index in [1.807, 2.05) is 0 Å². The normalized spacial score (nSPS) is 10.4. The maximum Gasteiger partial charge on any atom is 0.361 e. The number of H-pyrrole nitrogens is 1. The van der Waals surface area contributed by atoms with Crippen LogP contribution in [0.15, 0.2) is 12.3 Å². The van der Waals surface area contributed by atoms with Crippen LogP contribution in [-0.4, -0.2) is 37.8 Å². The first-order valence-electron chi connectivity index (χ1n) is 4.80. The number of rotatable bonds is 3. The molecule has 0 fully saturated rings. The van der Waals surface area contributed by atoms with Crippen molar-refractivity contribution in [3.05, 3.63) is 18.0 Å². The first kappa shape index (κ1) is 10.3. The highest BCUT2D eigenvalue weighted by atomic mass is 16.5. The van der Waals surface area contributed by atoms with Gasteiger partial charge in [0.15, 0.2) is 5.69 Å². The third kappa shape index (κ3) is 1.79. The molecule has 0 unspecified atom stereocenters. The highest BCUT2D eigenvalue weighted by Crippen LogP contribution is 2.17. The SMILES string of the molecule is CCOC(=O)c1n[nH]nc1-c1ccn(C)n1. The van der Waals surface area contributed by atoms with Crippen molar-refractivity contribution < 1.29 is 9.53 Å². The summed E-state index contributed by atoms with van der Waals surface area (Å²) in [4.78, 5) is 11.5. The van der Waals surface area contributed by atoms with Gasteiger partial charge in [0.25, 0.3) is 0 Å². The predicted octanol–water partition coefficient (Wildman–Crippen LogP) is 0.382. The monoisotopic (exact) mass is 221 g/mol. The zero-order chi connectivity index (χ0) is 11.5. The molecule has 84 valence electrons. The number of aromatic nitrogens is 5. The number of aryl methyl sites for hydroxylation is 1. The van der Waals surface area contributed by atoms with Crippen LogP contribution >= 0.6 is 0 Å². The molecular formula is C9H11N5O2. The molecule has 0 saturated carbocycles. The first-order chi connectivity index (χ1) is 7.72. The van der Waals surface area contributed by atoms with E-state index in [9.17, 15) is 4.79 Å². The zero-order valence-corrected chi connectivity index (χ0v) is 8.97. The molecule has 2 rings (SSSR count). The topological polar surface area (TPSA) is 85.7 Å². The largest absolute Gasteiger partial charge is 0.461 e. The minimum absolute atomic E-state index is 0.153. The molecule has 0 saturated heterocycles. The van der Waals surface area contributed by atoms with Crippen LogP contribution in [0.5, 0.6) is 0 Å². The smallest absolute Gasteiger partial charge is 0.361 e. The van der Waals surface area contributed by atoms with Crippen LogP contribution in [0.25, 0.3) is 11.4 Å². The third-order valence-electron chi connectivity index (χ3n) is 1.97. The van der Waals surface area contributed by atoms with E-state index in [-0.39, 0.29) is 5.69 Å². The molecule has 7 heteroatoms. The molecule has 0 bridgehead atoms. The molecule has 0 aliphatic rings. The molecule has 1 N–H and O–H groups in total. The van der Waals surface area contributed by atoms with E-state index in [0.717, 1.165) is 0 Å². The van der Waals surface area contributed by atoms with Gasteiger partial charge in [-0.3, -0.25) is 4.68 Å². The fraction of sp³-hybridized carbons (Fsp3) is 0.333. The predicted molar refractivity (Wildman–Crippen MR) is 54.5 cm³/mol. The molecule has 2 heterocycles. The summed E-state index contributed by atoms with van der Waals surface area (Å²) in [5.41, 5.74) is 1.14. The summed E-state index contributed by atoms with van der Waals surface area (Å²) in [5.74, 6) is -0.503. The number of ether oxygens (including phenoxy) is 1. The van der Waals surface area contributed by atoms with Crippen molar-refractivity contribution >= 4 is 5.97 Å². The maximum absolute atomic E-state index is 11.5. The Morgan fingerprint density at radius 1 is 1.56 bits per heavy atom. The Balaban J connectivity index is 2.36. The molecule has 0 spiro atoms. The summed E-state index contributed by atoms with van der Waals surface area (Å²) >= 11 is 0. The fourth-order valence-corrected chi connectivity index (χ4v) is 1.29. The lowest BCUT2D eigenvalue weighted by Gasteiger charge is -1.98. The maximum atomic E-state index is 11.5. The summed E-state index contributed by atoms with van der Waals surface area (Å²) in [6, 6.07) is 1.75. The van der Waals surface area contributed by atoms with Gasteiger partial charge in [0.2, 0.25) is 0 Å². The van der Waals surface area contributed by atoms with Gasteiger partial charge in [0.1, 0.15) is 11.4 Å². The molecule has 2 aromatic rings. The second-order valence-electron chi connectivity index (χ2n) is 3.12. The van der Waals surface area contributed by atoms with Crippen LogP contribution in [0.3, 0.4) is 0 Å². The van der Waals surface area contributed by atoms with Gasteiger partial charge >= 0.3 is 5.97 Å². The molecule has 0 amide bonds. The van der Waals surface area contributed by atoms with E-state index in [0.29, 0.717) is 18.0 Å². The Morgan fingerprint density at radius 3 is 3.00 bits per heavy atom. The lowest BCUT2D eigenvalue weighted by atomic mass is 10.2. The number of carbonyl (C=O) groups excluding carboxylic acids is 1. The molecular weight excluding hydrogens is 210 g/mol. The second kappa shape index (κ2) is 4.13. The first-order valence-corrected chi connectivity index (χ1v) is 4.80. The van der Waals surface area contributed by atoms with Crippen molar-refractivity contribution in [2.75, 3.05) is 6.61 Å². The van der Waals surface area contributed by atoms with E-state index >= 15 is 0 Å². The summed E-state index contributed by atoms with van der Waals surface area (Å²) in [6.07, 6.45) is 1.76. The van der Waals surface area contributed by atoms with Crippen LogP contribution in [0, 0.1) is 0 Å². The molecule has 0 aliphatic carbocycles. The average molecular weight is 221 g/mol. The van der Waals surface area contributed by atoms with E-state index in [1.54, 1.807) is 30.9 Å². The lowest BCUT2D eigenvalue weighted by molar-refractivity contribution is 0.0520. The number of esters is 1. The van der Waals surface area contributed by atoms with Crippen molar-refractivity contribution in [3.8, 4) is 11.4 Å². The molecule has 0 radical (unpaired) electrons. The highest BCUT2D eigenvalue weighted by molar-refractivity contribution is 5.93. The Kier molecular flexibility index (Phi) is 2.67. The molecule has 0 aliphatic heterocycles. The third-order valence-corrected chi connectivity index (χ3v) is 1.97. The summed E-state index contributed by atoms with van der Waals surface area (Å²) in [5, 5.41) is 14.2. The quantitative estimate of drug-likeness (QED) is 0.757. The van der Waals surface area contributed by atoms with E-state index in [4.69, 9.17) is 4.74 Å². The van der Waals surface area contributed by atoms with Gasteiger partial charge in [-0.05, 0) is 13.0 Å². The van der Waals surface area contributed by atoms with Gasteiger partial charge in [-0.15, -0.1) is 5.10 Å². The number of nitrogens with one attached hydrogen (secondary N) is 1. The number of aromatic amines is 1. The molecule has 7 nitrogen and oxygen atoms in total. The fourth-order valence-electron chi connectivity index (χ4n) is 1.29. The summed E-state index contributed by atoms with van der Waals surface area (Å²) in [6.45, 7) is 2.03. The van der Waals surface area contributed by atoms with E-state index in [1.165, 1.54) is 0 Å². The molecule has 0 aromatic carbocycles. The Hall–Kier alpha value is -2.18. The van der Waals surface area contributed by atoms with Gasteiger partial charge in [-0.2, -0.15) is 15.4 Å². The van der Waals surface area contributed by atoms with Gasteiger partial charge < -0.3 is 4.74 Å². The summed E-state index contributed by atoms with van der Waals surface area (Å²) < 4.78 is 6.48. The van der Waals surface area contributed by atoms with Gasteiger partial charge in [0.05, 0.1) is 6.61 Å². The number of hydrogen-bond acceptors (Lipinski definition) is 5. The van der Waals surface area contributed by atoms with Gasteiger partial charge in [-0.25, -0.2) is 4.79 Å². The van der Waals surface area contributed by atoms with Crippen molar-refractivity contribution in [1.82, 2.24) is 25.2 Å². The number of hydrogen-bond donors (Lipinski definition) is 1. The minimum atomic E-state index is -0.503. The Bertz CT molecular complexity index is 501. The summed E-state index contributed by atoms with van der Waals surface area (Å²) in [7, 11) is 1.79. The van der Waals surface area contributed by atoms with Crippen LogP contribution < -0.4 is 0 Å². The molecule has 16 heavy (non-hydrogen) atoms. The highest BCUT2D eigenvalue weighted by Gasteiger charge is 2.20. The van der Waals surface area contributed by atoms with Crippen LogP contribution in [0.1, 0.15) is 17.4 Å². The van der Waals surface area contributed by atoms with Crippen LogP contribution in [0.2, 0.25) is 0 Å². The van der Waals surface area contributed by atoms with Crippen molar-refractivity contribution in [1.29, 1.82) is 0 Å². The van der Waals surface area contributed by atoms with Crippen molar-refractivity contribution in [2.24, 2.45) is 7.05 Å². The Labute approximate surface area is 91.4 Å². The van der Waals surface area contributed by atoms with E-state index in [2.05, 4.69) is 20.5 Å². The molecule has 2 aromatic heterocycles. The lowest BCUT2D eigenvalue weighted by Crippen LogP contribution is -2.07. The zero-order valence-electron chi connectivity index (χ0n) is 8.97. The average Bonchev–Trinajstić information content (AvgIpc) is 2.85. The Morgan fingerprint density at radius 2 is 2.38 bits per heavy atom. The van der Waals surface area contributed by atoms with Crippen LogP contribution in [-0.2, 0) is 11.8 Å². The molecule has 0 atom stereocenters. The van der Waals surface area contributed by atoms with Gasteiger partial charge in [-0.1, -0.05) is 0 Å². The minimum Gasteiger partial charge on any atom is -0.461 e. The van der Waals surface area contributed by atoms with Crippen LogP contribution in [0.4, 0.5) is 0 Å². The van der Waals surface area contributed by atoms with Gasteiger partial charge in [0, 0.05) is 13.2 Å². The van der Waals surface area contributed by atoms with E-state index < -0.39 is 5.97 Å².